The normalized spacial score (nSPS) is 46.4. The van der Waals surface area contributed by atoms with E-state index in [1.807, 2.05) is 0 Å². The van der Waals surface area contributed by atoms with E-state index in [-0.39, 0.29) is 0 Å². The molecule has 0 amide bonds. The molecule has 2 nitrogen and oxygen atoms in total. The number of hydrogen-bond acceptors (Lipinski definition) is 2. The Bertz CT molecular complexity index is 305. The number of hydrogen-bond donors (Lipinski definition) is 1. The first kappa shape index (κ1) is 11.0. The molecule has 0 aromatic heterocycles. The maximum atomic E-state index is 11.2. The van der Waals surface area contributed by atoms with Crippen LogP contribution in [0.25, 0.3) is 0 Å². The number of allylic oxidation sites excluding steroid dienone is 2. The van der Waals surface area contributed by atoms with Gasteiger partial charge in [-0.3, -0.25) is 4.21 Å². The van der Waals surface area contributed by atoms with Crippen LogP contribution in [0.4, 0.5) is 0 Å². The van der Waals surface area contributed by atoms with Gasteiger partial charge in [0.05, 0.1) is 0 Å². The topological polar surface area (TPSA) is 29.1 Å². The summed E-state index contributed by atoms with van der Waals surface area (Å²) in [5, 5.41) is 3.70. The van der Waals surface area contributed by atoms with Gasteiger partial charge >= 0.3 is 0 Å². The molecule has 1 heterocycles. The van der Waals surface area contributed by atoms with Gasteiger partial charge in [0.25, 0.3) is 0 Å². The van der Waals surface area contributed by atoms with E-state index in [0.717, 1.165) is 42.1 Å². The van der Waals surface area contributed by atoms with E-state index in [1.165, 1.54) is 19.4 Å². The Balaban J connectivity index is 1.43. The van der Waals surface area contributed by atoms with Gasteiger partial charge in [0.15, 0.2) is 0 Å². The van der Waals surface area contributed by atoms with Crippen molar-refractivity contribution in [3.8, 4) is 0 Å². The molecule has 3 unspecified atom stereocenters. The van der Waals surface area contributed by atoms with Gasteiger partial charge in [-0.25, -0.2) is 0 Å². The Morgan fingerprint density at radius 3 is 2.62 bits per heavy atom. The number of fused-ring (bicyclic) bond motifs is 2. The summed E-state index contributed by atoms with van der Waals surface area (Å²) < 4.78 is 11.2. The molecule has 16 heavy (non-hydrogen) atoms. The Hall–Kier alpha value is -0.150. The van der Waals surface area contributed by atoms with Gasteiger partial charge in [-0.2, -0.15) is 0 Å². The summed E-state index contributed by atoms with van der Waals surface area (Å²) in [5.41, 5.74) is 0. The number of nitrogens with one attached hydrogen (secondary N) is 1. The third kappa shape index (κ3) is 2.25. The van der Waals surface area contributed by atoms with Crippen LogP contribution in [0.3, 0.4) is 0 Å². The van der Waals surface area contributed by atoms with Gasteiger partial charge < -0.3 is 5.32 Å². The minimum absolute atomic E-state index is 0.519. The highest BCUT2D eigenvalue weighted by atomic mass is 32.2. The van der Waals surface area contributed by atoms with E-state index in [1.54, 1.807) is 0 Å². The molecule has 3 rings (SSSR count). The summed E-state index contributed by atoms with van der Waals surface area (Å²) in [5.74, 6) is 4.44. The van der Waals surface area contributed by atoms with Gasteiger partial charge in [-0.1, -0.05) is 12.2 Å². The lowest BCUT2D eigenvalue weighted by atomic mass is 9.93. The van der Waals surface area contributed by atoms with Crippen molar-refractivity contribution < 1.29 is 4.21 Å². The summed E-state index contributed by atoms with van der Waals surface area (Å²) in [6.07, 6.45) is 9.86. The van der Waals surface area contributed by atoms with Crippen LogP contribution in [0.15, 0.2) is 12.2 Å². The molecule has 0 aromatic carbocycles. The van der Waals surface area contributed by atoms with Gasteiger partial charge in [0, 0.05) is 28.3 Å². The van der Waals surface area contributed by atoms with Crippen molar-refractivity contribution in [3.05, 3.63) is 12.2 Å². The highest BCUT2D eigenvalue weighted by Gasteiger charge is 2.35. The minimum atomic E-state index is -0.519. The van der Waals surface area contributed by atoms with Crippen LogP contribution in [-0.4, -0.2) is 28.3 Å². The van der Waals surface area contributed by atoms with Crippen molar-refractivity contribution in [3.63, 3.8) is 0 Å². The Kier molecular flexibility index (Phi) is 3.16. The molecule has 1 saturated carbocycles. The number of rotatable bonds is 3. The molecule has 0 aromatic rings. The maximum Gasteiger partial charge on any atom is 0.0249 e. The predicted octanol–water partition coefficient (Wildman–Crippen LogP) is 1.70. The second kappa shape index (κ2) is 4.61. The van der Waals surface area contributed by atoms with Crippen molar-refractivity contribution >= 4 is 10.8 Å². The third-order valence-corrected chi connectivity index (χ3v) is 5.86. The lowest BCUT2D eigenvalue weighted by Gasteiger charge is -2.26. The average Bonchev–Trinajstić information content (AvgIpc) is 2.90. The lowest BCUT2D eigenvalue weighted by Crippen LogP contribution is -2.39. The van der Waals surface area contributed by atoms with E-state index in [9.17, 15) is 4.21 Å². The van der Waals surface area contributed by atoms with Crippen LogP contribution in [0.1, 0.15) is 25.7 Å². The minimum Gasteiger partial charge on any atom is -0.314 e. The smallest absolute Gasteiger partial charge is 0.0249 e. The van der Waals surface area contributed by atoms with Crippen molar-refractivity contribution in [1.29, 1.82) is 0 Å². The van der Waals surface area contributed by atoms with E-state index in [0.29, 0.717) is 6.04 Å². The quantitative estimate of drug-likeness (QED) is 0.760. The first-order chi connectivity index (χ1) is 7.81. The van der Waals surface area contributed by atoms with Gasteiger partial charge in [-0.05, 0) is 50.0 Å². The van der Waals surface area contributed by atoms with Crippen molar-refractivity contribution in [2.45, 2.75) is 31.7 Å². The summed E-state index contributed by atoms with van der Waals surface area (Å²) in [7, 11) is -0.519. The van der Waals surface area contributed by atoms with E-state index in [2.05, 4.69) is 17.5 Å². The van der Waals surface area contributed by atoms with Crippen LogP contribution < -0.4 is 5.32 Å². The largest absolute Gasteiger partial charge is 0.314 e. The molecule has 1 saturated heterocycles. The monoisotopic (exact) mass is 239 g/mol. The van der Waals surface area contributed by atoms with Crippen molar-refractivity contribution in [2.75, 3.05) is 18.1 Å². The van der Waals surface area contributed by atoms with Crippen LogP contribution in [0.2, 0.25) is 0 Å². The van der Waals surface area contributed by atoms with Crippen molar-refractivity contribution in [2.24, 2.45) is 17.8 Å². The highest BCUT2D eigenvalue weighted by Crippen LogP contribution is 2.43. The van der Waals surface area contributed by atoms with Crippen LogP contribution in [0, 0.1) is 17.8 Å². The van der Waals surface area contributed by atoms with Gasteiger partial charge in [0.2, 0.25) is 0 Å². The van der Waals surface area contributed by atoms with Crippen LogP contribution in [-0.2, 0) is 10.8 Å². The zero-order valence-corrected chi connectivity index (χ0v) is 10.5. The lowest BCUT2D eigenvalue weighted by molar-refractivity contribution is 0.371. The average molecular weight is 239 g/mol. The fraction of sp³-hybridized carbons (Fsp3) is 0.846. The van der Waals surface area contributed by atoms with E-state index >= 15 is 0 Å². The first-order valence-electron chi connectivity index (χ1n) is 6.58. The van der Waals surface area contributed by atoms with Crippen molar-refractivity contribution in [1.82, 2.24) is 5.32 Å². The molecule has 0 radical (unpaired) electrons. The molecule has 90 valence electrons. The molecular weight excluding hydrogens is 218 g/mol. The molecule has 1 N–H and O–H groups in total. The first-order valence-corrected chi connectivity index (χ1v) is 8.07. The molecule has 3 atom stereocenters. The van der Waals surface area contributed by atoms with Crippen LogP contribution >= 0.6 is 0 Å². The summed E-state index contributed by atoms with van der Waals surface area (Å²) in [6.45, 7) is 1.18. The Labute approximate surface area is 100 Å². The molecule has 3 aliphatic rings. The Morgan fingerprint density at radius 1 is 1.19 bits per heavy atom. The molecule has 1 aliphatic heterocycles. The Morgan fingerprint density at radius 2 is 2.00 bits per heavy atom. The standard InChI is InChI=1S/C13H21NOS/c15-16-5-3-13(4-6-16)14-9-12-8-10-1-2-11(12)7-10/h1-2,10-14H,3-9H2. The predicted molar refractivity (Wildman–Crippen MR) is 67.7 cm³/mol. The molecule has 2 aliphatic carbocycles. The summed E-state index contributed by atoms with van der Waals surface area (Å²) in [6, 6.07) is 0.640. The second-order valence-electron chi connectivity index (χ2n) is 5.57. The molecule has 2 fully saturated rings. The molecule has 3 heteroatoms. The zero-order chi connectivity index (χ0) is 11.0. The third-order valence-electron chi connectivity index (χ3n) is 4.47. The summed E-state index contributed by atoms with van der Waals surface area (Å²) in [4.78, 5) is 0. The highest BCUT2D eigenvalue weighted by molar-refractivity contribution is 7.85. The zero-order valence-electron chi connectivity index (χ0n) is 9.73. The maximum absolute atomic E-state index is 11.2. The van der Waals surface area contributed by atoms with E-state index < -0.39 is 10.8 Å². The fourth-order valence-electron chi connectivity index (χ4n) is 3.45. The second-order valence-corrected chi connectivity index (χ2v) is 7.27. The molecule has 0 spiro atoms. The van der Waals surface area contributed by atoms with Gasteiger partial charge in [-0.15, -0.1) is 0 Å². The van der Waals surface area contributed by atoms with Gasteiger partial charge in [0.1, 0.15) is 0 Å². The summed E-state index contributed by atoms with van der Waals surface area (Å²) >= 11 is 0. The molecular formula is C13H21NOS. The SMILES string of the molecule is O=S1CCC(NCC2CC3C=CC2C3)CC1. The van der Waals surface area contributed by atoms with E-state index in [4.69, 9.17) is 0 Å². The molecule has 2 bridgehead atoms. The fourth-order valence-corrected chi connectivity index (χ4v) is 4.74. The van der Waals surface area contributed by atoms with Crippen LogP contribution in [0.5, 0.6) is 0 Å².